The van der Waals surface area contributed by atoms with Crippen molar-refractivity contribution < 1.29 is 9.53 Å². The van der Waals surface area contributed by atoms with E-state index >= 15 is 0 Å². The van der Waals surface area contributed by atoms with Crippen molar-refractivity contribution >= 4 is 17.7 Å². The first kappa shape index (κ1) is 19.2. The zero-order chi connectivity index (χ0) is 18.2. The summed E-state index contributed by atoms with van der Waals surface area (Å²) in [6.45, 7) is 2.83. The van der Waals surface area contributed by atoms with Crippen LogP contribution < -0.4 is 10.9 Å². The Hall–Kier alpha value is -2.12. The van der Waals surface area contributed by atoms with E-state index in [0.29, 0.717) is 36.0 Å². The average Bonchev–Trinajstić information content (AvgIpc) is 2.60. The maximum Gasteiger partial charge on any atom is 0.254 e. The molecular formula is C18H23N3O3S. The van der Waals surface area contributed by atoms with Crippen molar-refractivity contribution in [2.24, 2.45) is 0 Å². The lowest BCUT2D eigenvalue weighted by atomic mass is 10.1. The summed E-state index contributed by atoms with van der Waals surface area (Å²) in [4.78, 5) is 31.1. The Morgan fingerprint density at radius 2 is 1.96 bits per heavy atom. The Balaban J connectivity index is 1.86. The van der Waals surface area contributed by atoms with Gasteiger partial charge in [0.05, 0.1) is 6.61 Å². The highest BCUT2D eigenvalue weighted by atomic mass is 32.2. The molecule has 2 rings (SSSR count). The van der Waals surface area contributed by atoms with Gasteiger partial charge in [-0.05, 0) is 30.7 Å². The number of amides is 1. The summed E-state index contributed by atoms with van der Waals surface area (Å²) >= 11 is 1.39. The number of benzene rings is 1. The number of hydrogen-bond donors (Lipinski definition) is 2. The number of ether oxygens (including phenoxy) is 1. The summed E-state index contributed by atoms with van der Waals surface area (Å²) in [6, 6.07) is 7.89. The van der Waals surface area contributed by atoms with Gasteiger partial charge < -0.3 is 15.0 Å². The minimum absolute atomic E-state index is 0.0892. The molecular weight excluding hydrogens is 338 g/mol. The normalized spacial score (nSPS) is 10.7. The number of hydrogen-bond acceptors (Lipinski definition) is 5. The van der Waals surface area contributed by atoms with Crippen LogP contribution in [0.15, 0.2) is 34.2 Å². The number of thioether (sulfide) groups is 1. The van der Waals surface area contributed by atoms with Crippen LogP contribution in [0.5, 0.6) is 0 Å². The van der Waals surface area contributed by atoms with E-state index in [1.165, 1.54) is 11.8 Å². The van der Waals surface area contributed by atoms with Gasteiger partial charge in [-0.15, -0.1) is 0 Å². The van der Waals surface area contributed by atoms with Gasteiger partial charge in [0.25, 0.3) is 5.56 Å². The molecule has 0 unspecified atom stereocenters. The summed E-state index contributed by atoms with van der Waals surface area (Å²) in [5.41, 5.74) is 3.19. The highest BCUT2D eigenvalue weighted by molar-refractivity contribution is 7.98. The molecule has 0 aliphatic rings. The lowest BCUT2D eigenvalue weighted by molar-refractivity contribution is -0.121. The fourth-order valence-corrected chi connectivity index (χ4v) is 2.85. The molecule has 0 fully saturated rings. The van der Waals surface area contributed by atoms with E-state index in [1.807, 2.05) is 30.5 Å². The Labute approximate surface area is 151 Å². The van der Waals surface area contributed by atoms with E-state index in [1.54, 1.807) is 14.0 Å². The monoisotopic (exact) mass is 361 g/mol. The highest BCUT2D eigenvalue weighted by Gasteiger charge is 2.10. The molecule has 1 aromatic carbocycles. The number of rotatable bonds is 8. The molecule has 0 spiro atoms. The second-order valence-electron chi connectivity index (χ2n) is 5.67. The van der Waals surface area contributed by atoms with Crippen molar-refractivity contribution in [2.75, 3.05) is 13.4 Å². The summed E-state index contributed by atoms with van der Waals surface area (Å²) in [7, 11) is 1.66. The number of carbonyl (C=O) groups excluding carboxylic acids is 1. The number of aromatic nitrogens is 2. The number of aryl methyl sites for hydroxylation is 1. The molecule has 0 saturated heterocycles. The molecule has 2 N–H and O–H groups in total. The van der Waals surface area contributed by atoms with Crippen molar-refractivity contribution in [1.82, 2.24) is 15.3 Å². The van der Waals surface area contributed by atoms with E-state index in [9.17, 15) is 9.59 Å². The van der Waals surface area contributed by atoms with Gasteiger partial charge in [0.1, 0.15) is 0 Å². The first-order valence-electron chi connectivity index (χ1n) is 8.00. The predicted octanol–water partition coefficient (Wildman–Crippen LogP) is 2.20. The van der Waals surface area contributed by atoms with Crippen molar-refractivity contribution in [3.63, 3.8) is 0 Å². The maximum absolute atomic E-state index is 12.0. The molecule has 0 aliphatic heterocycles. The molecule has 6 nitrogen and oxygen atoms in total. The van der Waals surface area contributed by atoms with Crippen LogP contribution in [0.25, 0.3) is 0 Å². The molecule has 0 saturated carbocycles. The molecule has 0 radical (unpaired) electrons. The first-order chi connectivity index (χ1) is 12.0. The number of H-pyrrole nitrogens is 1. The maximum atomic E-state index is 12.0. The lowest BCUT2D eigenvalue weighted by Crippen LogP contribution is -2.25. The number of methoxy groups -OCH3 is 1. The van der Waals surface area contributed by atoms with Gasteiger partial charge in [0.15, 0.2) is 5.16 Å². The molecule has 25 heavy (non-hydrogen) atoms. The Morgan fingerprint density at radius 3 is 2.56 bits per heavy atom. The smallest absolute Gasteiger partial charge is 0.254 e. The van der Waals surface area contributed by atoms with E-state index in [-0.39, 0.29) is 17.9 Å². The van der Waals surface area contributed by atoms with E-state index in [0.717, 1.165) is 11.1 Å². The van der Waals surface area contributed by atoms with Gasteiger partial charge in [0.2, 0.25) is 5.91 Å². The molecule has 1 amide bonds. The third kappa shape index (κ3) is 5.72. The first-order valence-corrected chi connectivity index (χ1v) is 9.23. The fourth-order valence-electron chi connectivity index (χ4n) is 2.42. The van der Waals surface area contributed by atoms with Gasteiger partial charge >= 0.3 is 0 Å². The molecule has 0 bridgehead atoms. The van der Waals surface area contributed by atoms with Crippen LogP contribution in [0, 0.1) is 6.92 Å². The number of carbonyl (C=O) groups is 1. The quantitative estimate of drug-likeness (QED) is 0.556. The van der Waals surface area contributed by atoms with Gasteiger partial charge in [-0.25, -0.2) is 4.98 Å². The summed E-state index contributed by atoms with van der Waals surface area (Å²) in [5.74, 6) is -0.0892. The number of nitrogens with one attached hydrogen (secondary N) is 2. The van der Waals surface area contributed by atoms with Crippen molar-refractivity contribution in [3.05, 3.63) is 57.0 Å². The van der Waals surface area contributed by atoms with Crippen LogP contribution in [0.3, 0.4) is 0 Å². The fraction of sp³-hybridized carbons (Fsp3) is 0.389. The Bertz CT molecular complexity index is 772. The summed E-state index contributed by atoms with van der Waals surface area (Å²) in [5, 5.41) is 3.47. The Kier molecular flexibility index (Phi) is 7.21. The van der Waals surface area contributed by atoms with Crippen LogP contribution in [0.4, 0.5) is 0 Å². The van der Waals surface area contributed by atoms with Crippen LogP contribution >= 0.6 is 11.8 Å². The molecule has 7 heteroatoms. The second-order valence-corrected chi connectivity index (χ2v) is 6.46. The standard InChI is InChI=1S/C18H23N3O3S/c1-12-15(17(23)21-18(20-12)25-3)8-9-16(22)19-10-13-4-6-14(7-5-13)11-24-2/h4-7H,8-11H2,1-3H3,(H,19,22)(H,20,21,23). The molecule has 1 aromatic heterocycles. The van der Waals surface area contributed by atoms with Crippen molar-refractivity contribution in [2.45, 2.75) is 38.1 Å². The van der Waals surface area contributed by atoms with E-state index in [2.05, 4.69) is 15.3 Å². The molecule has 2 aromatic rings. The van der Waals surface area contributed by atoms with Crippen LogP contribution in [0.2, 0.25) is 0 Å². The third-order valence-corrected chi connectivity index (χ3v) is 4.40. The van der Waals surface area contributed by atoms with Gasteiger partial charge in [-0.1, -0.05) is 36.0 Å². The number of nitrogens with zero attached hydrogens (tertiary/aromatic N) is 1. The average molecular weight is 361 g/mol. The van der Waals surface area contributed by atoms with Crippen LogP contribution in [0.1, 0.15) is 28.8 Å². The zero-order valence-corrected chi connectivity index (χ0v) is 15.5. The van der Waals surface area contributed by atoms with Gasteiger partial charge in [-0.3, -0.25) is 9.59 Å². The van der Waals surface area contributed by atoms with Crippen molar-refractivity contribution in [1.29, 1.82) is 0 Å². The van der Waals surface area contributed by atoms with Crippen LogP contribution in [-0.4, -0.2) is 29.2 Å². The minimum atomic E-state index is -0.168. The zero-order valence-electron chi connectivity index (χ0n) is 14.7. The summed E-state index contributed by atoms with van der Waals surface area (Å²) in [6.07, 6.45) is 2.49. The van der Waals surface area contributed by atoms with Gasteiger partial charge in [0, 0.05) is 31.3 Å². The number of aromatic amines is 1. The summed E-state index contributed by atoms with van der Waals surface area (Å²) < 4.78 is 5.07. The second kappa shape index (κ2) is 9.39. The third-order valence-electron chi connectivity index (χ3n) is 3.82. The predicted molar refractivity (Wildman–Crippen MR) is 98.7 cm³/mol. The largest absolute Gasteiger partial charge is 0.380 e. The lowest BCUT2D eigenvalue weighted by Gasteiger charge is -2.08. The van der Waals surface area contributed by atoms with Crippen LogP contribution in [-0.2, 0) is 29.1 Å². The van der Waals surface area contributed by atoms with Crippen molar-refractivity contribution in [3.8, 4) is 0 Å². The van der Waals surface area contributed by atoms with Gasteiger partial charge in [-0.2, -0.15) is 0 Å². The molecule has 0 atom stereocenters. The molecule has 0 aliphatic carbocycles. The molecule has 1 heterocycles. The van der Waals surface area contributed by atoms with E-state index in [4.69, 9.17) is 4.74 Å². The minimum Gasteiger partial charge on any atom is -0.380 e. The highest BCUT2D eigenvalue weighted by Crippen LogP contribution is 2.10. The van der Waals surface area contributed by atoms with E-state index < -0.39 is 0 Å². The topological polar surface area (TPSA) is 84.1 Å². The molecule has 134 valence electrons. The SMILES string of the molecule is COCc1ccc(CNC(=O)CCc2c(C)nc(SC)[nH]c2=O)cc1. The Morgan fingerprint density at radius 1 is 1.28 bits per heavy atom.